The van der Waals surface area contributed by atoms with E-state index in [4.69, 9.17) is 9.15 Å². The lowest BCUT2D eigenvalue weighted by molar-refractivity contribution is 0.154. The van der Waals surface area contributed by atoms with Crippen LogP contribution in [-0.2, 0) is 4.74 Å². The Morgan fingerprint density at radius 1 is 1.64 bits per heavy atom. The van der Waals surface area contributed by atoms with E-state index in [1.165, 1.54) is 4.57 Å². The van der Waals surface area contributed by atoms with Gasteiger partial charge in [0.1, 0.15) is 0 Å². The highest BCUT2D eigenvalue weighted by molar-refractivity contribution is 5.88. The summed E-state index contributed by atoms with van der Waals surface area (Å²) >= 11 is 0. The summed E-state index contributed by atoms with van der Waals surface area (Å²) in [5.41, 5.74) is 1.54. The quantitative estimate of drug-likeness (QED) is 0.699. The standard InChI is InChI=1S/C10H11NO3/c1-3-13-10(12)11-6-7(2)8-4-5-14-9(8)11/h4-6H,3H2,1-2H3. The van der Waals surface area contributed by atoms with E-state index >= 15 is 0 Å². The third-order valence-corrected chi connectivity index (χ3v) is 2.08. The number of furan rings is 1. The predicted molar refractivity (Wildman–Crippen MR) is 51.4 cm³/mol. The van der Waals surface area contributed by atoms with Crippen LogP contribution in [0.5, 0.6) is 0 Å². The van der Waals surface area contributed by atoms with Gasteiger partial charge in [0.15, 0.2) is 0 Å². The van der Waals surface area contributed by atoms with Crippen molar-refractivity contribution in [3.05, 3.63) is 24.1 Å². The molecular weight excluding hydrogens is 182 g/mol. The number of aryl methyl sites for hydroxylation is 1. The zero-order valence-corrected chi connectivity index (χ0v) is 8.11. The molecule has 74 valence electrons. The van der Waals surface area contributed by atoms with Gasteiger partial charge in [-0.15, -0.1) is 0 Å². The van der Waals surface area contributed by atoms with Crippen LogP contribution in [0.15, 0.2) is 22.9 Å². The van der Waals surface area contributed by atoms with Gasteiger partial charge in [-0.25, -0.2) is 9.36 Å². The van der Waals surface area contributed by atoms with Gasteiger partial charge in [0, 0.05) is 11.6 Å². The zero-order valence-electron chi connectivity index (χ0n) is 8.11. The van der Waals surface area contributed by atoms with Crippen LogP contribution in [0.4, 0.5) is 4.79 Å². The van der Waals surface area contributed by atoms with Crippen molar-refractivity contribution in [2.24, 2.45) is 0 Å². The average Bonchev–Trinajstić information content (AvgIpc) is 2.70. The van der Waals surface area contributed by atoms with E-state index in [0.717, 1.165) is 10.9 Å². The Morgan fingerprint density at radius 2 is 2.43 bits per heavy atom. The van der Waals surface area contributed by atoms with Crippen LogP contribution >= 0.6 is 0 Å². The summed E-state index contributed by atoms with van der Waals surface area (Å²) in [5, 5.41) is 0.943. The molecule has 0 aliphatic heterocycles. The van der Waals surface area contributed by atoms with Gasteiger partial charge in [0.05, 0.1) is 12.9 Å². The molecule has 4 heteroatoms. The molecule has 2 rings (SSSR count). The first-order chi connectivity index (χ1) is 6.74. The maximum Gasteiger partial charge on any atom is 0.420 e. The second kappa shape index (κ2) is 3.21. The van der Waals surface area contributed by atoms with Crippen molar-refractivity contribution in [3.8, 4) is 0 Å². The second-order valence-electron chi connectivity index (χ2n) is 3.02. The van der Waals surface area contributed by atoms with Gasteiger partial charge in [0.2, 0.25) is 5.71 Å². The van der Waals surface area contributed by atoms with Crippen LogP contribution < -0.4 is 0 Å². The number of aromatic nitrogens is 1. The molecule has 0 atom stereocenters. The van der Waals surface area contributed by atoms with Crippen LogP contribution in [-0.4, -0.2) is 17.3 Å². The molecule has 0 radical (unpaired) electrons. The molecule has 0 amide bonds. The molecule has 0 aliphatic carbocycles. The first-order valence-electron chi connectivity index (χ1n) is 4.46. The smallest absolute Gasteiger partial charge is 0.420 e. The summed E-state index contributed by atoms with van der Waals surface area (Å²) in [6, 6.07) is 1.83. The number of carbonyl (C=O) groups excluding carboxylic acids is 1. The molecule has 0 bridgehead atoms. The fourth-order valence-electron chi connectivity index (χ4n) is 1.44. The molecule has 0 N–H and O–H groups in total. The summed E-state index contributed by atoms with van der Waals surface area (Å²) < 4.78 is 11.5. The Kier molecular flexibility index (Phi) is 2.04. The van der Waals surface area contributed by atoms with Crippen molar-refractivity contribution in [3.63, 3.8) is 0 Å². The van der Waals surface area contributed by atoms with Gasteiger partial charge in [-0.1, -0.05) is 0 Å². The lowest BCUT2D eigenvalue weighted by Crippen LogP contribution is -2.11. The minimum absolute atomic E-state index is 0.359. The van der Waals surface area contributed by atoms with Gasteiger partial charge < -0.3 is 9.15 Å². The van der Waals surface area contributed by atoms with Crippen molar-refractivity contribution in [1.82, 2.24) is 4.57 Å². The molecule has 14 heavy (non-hydrogen) atoms. The first-order valence-corrected chi connectivity index (χ1v) is 4.46. The van der Waals surface area contributed by atoms with Crippen LogP contribution in [0.1, 0.15) is 12.5 Å². The Balaban J connectivity index is 2.51. The molecule has 0 aliphatic rings. The molecule has 0 saturated carbocycles. The maximum atomic E-state index is 11.5. The zero-order chi connectivity index (χ0) is 10.1. The summed E-state index contributed by atoms with van der Waals surface area (Å²) in [6.45, 7) is 4.05. The van der Waals surface area contributed by atoms with Gasteiger partial charge >= 0.3 is 6.09 Å². The fourth-order valence-corrected chi connectivity index (χ4v) is 1.44. The molecule has 2 aromatic heterocycles. The number of fused-ring (bicyclic) bond motifs is 1. The van der Waals surface area contributed by atoms with Crippen molar-refractivity contribution in [2.45, 2.75) is 13.8 Å². The van der Waals surface area contributed by atoms with Gasteiger partial charge in [0.25, 0.3) is 0 Å². The maximum absolute atomic E-state index is 11.5. The molecule has 0 saturated heterocycles. The monoisotopic (exact) mass is 193 g/mol. The number of rotatable bonds is 1. The van der Waals surface area contributed by atoms with E-state index in [1.807, 2.05) is 13.0 Å². The molecule has 0 aromatic carbocycles. The van der Waals surface area contributed by atoms with E-state index in [0.29, 0.717) is 12.3 Å². The summed E-state index contributed by atoms with van der Waals surface area (Å²) in [5.74, 6) is 0. The third-order valence-electron chi connectivity index (χ3n) is 2.08. The van der Waals surface area contributed by atoms with Crippen molar-refractivity contribution in [1.29, 1.82) is 0 Å². The van der Waals surface area contributed by atoms with Crippen molar-refractivity contribution < 1.29 is 13.9 Å². The summed E-state index contributed by atoms with van der Waals surface area (Å²) in [6.07, 6.45) is 2.88. The summed E-state index contributed by atoms with van der Waals surface area (Å²) in [4.78, 5) is 11.5. The van der Waals surface area contributed by atoms with Gasteiger partial charge in [-0.2, -0.15) is 0 Å². The number of hydrogen-bond acceptors (Lipinski definition) is 3. The Bertz CT molecular complexity index is 467. The van der Waals surface area contributed by atoms with Crippen LogP contribution in [0.2, 0.25) is 0 Å². The molecule has 2 aromatic rings. The van der Waals surface area contributed by atoms with Crippen LogP contribution in [0, 0.1) is 6.92 Å². The Hall–Kier alpha value is -1.71. The number of nitrogens with zero attached hydrogens (tertiary/aromatic N) is 1. The van der Waals surface area contributed by atoms with Crippen molar-refractivity contribution in [2.75, 3.05) is 6.61 Å². The molecular formula is C10H11NO3. The number of hydrogen-bond donors (Lipinski definition) is 0. The highest BCUT2D eigenvalue weighted by atomic mass is 16.5. The van der Waals surface area contributed by atoms with Gasteiger partial charge in [-0.05, 0) is 25.5 Å². The topological polar surface area (TPSA) is 44.4 Å². The van der Waals surface area contributed by atoms with Crippen LogP contribution in [0.25, 0.3) is 11.1 Å². The largest absolute Gasteiger partial charge is 0.449 e. The van der Waals surface area contributed by atoms with E-state index in [-0.39, 0.29) is 0 Å². The highest BCUT2D eigenvalue weighted by Crippen LogP contribution is 2.21. The number of carbonyl (C=O) groups is 1. The Labute approximate surface area is 81.1 Å². The molecule has 0 spiro atoms. The fraction of sp³-hybridized carbons (Fsp3) is 0.300. The van der Waals surface area contributed by atoms with E-state index in [1.54, 1.807) is 19.4 Å². The minimum atomic E-state index is -0.402. The lowest BCUT2D eigenvalue weighted by Gasteiger charge is -2.00. The van der Waals surface area contributed by atoms with Crippen LogP contribution in [0.3, 0.4) is 0 Å². The van der Waals surface area contributed by atoms with Gasteiger partial charge in [-0.3, -0.25) is 0 Å². The van der Waals surface area contributed by atoms with E-state index < -0.39 is 6.09 Å². The lowest BCUT2D eigenvalue weighted by atomic mass is 10.3. The molecule has 4 nitrogen and oxygen atoms in total. The third kappa shape index (κ3) is 1.19. The minimum Gasteiger partial charge on any atom is -0.449 e. The van der Waals surface area contributed by atoms with Crippen molar-refractivity contribution >= 4 is 17.2 Å². The first kappa shape index (κ1) is 8.87. The summed E-state index contributed by atoms with van der Waals surface area (Å²) in [7, 11) is 0. The van der Waals surface area contributed by atoms with E-state index in [9.17, 15) is 4.79 Å². The second-order valence-corrected chi connectivity index (χ2v) is 3.02. The normalized spacial score (nSPS) is 10.7. The predicted octanol–water partition coefficient (Wildman–Crippen LogP) is 2.55. The van der Waals surface area contributed by atoms with E-state index in [2.05, 4.69) is 0 Å². The average molecular weight is 193 g/mol. The number of ether oxygens (including phenoxy) is 1. The highest BCUT2D eigenvalue weighted by Gasteiger charge is 2.14. The molecule has 0 fully saturated rings. The molecule has 2 heterocycles. The Morgan fingerprint density at radius 3 is 3.14 bits per heavy atom. The SMILES string of the molecule is CCOC(=O)n1cc(C)c2ccoc21. The molecule has 0 unspecified atom stereocenters.